The number of hydrogen-bond donors (Lipinski definition) is 3. The van der Waals surface area contributed by atoms with Crippen LogP contribution in [0.1, 0.15) is 51.3 Å². The average Bonchev–Trinajstić information content (AvgIpc) is 3.41. The molecule has 4 N–H and O–H groups in total. The third-order valence-electron chi connectivity index (χ3n) is 4.72. The molecule has 1 unspecified atom stereocenters. The molecule has 1 fully saturated rings. The van der Waals surface area contributed by atoms with E-state index in [1.54, 1.807) is 6.07 Å². The van der Waals surface area contributed by atoms with Crippen LogP contribution in [-0.2, 0) is 4.74 Å². The van der Waals surface area contributed by atoms with Gasteiger partial charge in [0.25, 0.3) is 0 Å². The van der Waals surface area contributed by atoms with Crippen LogP contribution in [0.25, 0.3) is 0 Å². The molecule has 8 heteroatoms. The fourth-order valence-corrected chi connectivity index (χ4v) is 2.82. The van der Waals surface area contributed by atoms with E-state index in [9.17, 15) is 4.39 Å². The van der Waals surface area contributed by atoms with Gasteiger partial charge in [0.05, 0.1) is 18.0 Å². The van der Waals surface area contributed by atoms with Gasteiger partial charge in [-0.05, 0) is 39.2 Å². The van der Waals surface area contributed by atoms with Crippen molar-refractivity contribution < 1.29 is 13.9 Å². The molecule has 2 aromatic rings. The number of ether oxygens (including phenoxy) is 2. The van der Waals surface area contributed by atoms with E-state index in [1.807, 2.05) is 13.8 Å². The van der Waals surface area contributed by atoms with Crippen LogP contribution in [-0.4, -0.2) is 40.5 Å². The van der Waals surface area contributed by atoms with E-state index in [2.05, 4.69) is 22.2 Å². The summed E-state index contributed by atoms with van der Waals surface area (Å²) in [4.78, 5) is 8.39. The molecule has 1 atom stereocenters. The summed E-state index contributed by atoms with van der Waals surface area (Å²) in [7, 11) is 0. The molecule has 7 nitrogen and oxygen atoms in total. The van der Waals surface area contributed by atoms with Crippen LogP contribution in [0.4, 0.5) is 15.9 Å². The molecule has 1 saturated carbocycles. The molecule has 1 aliphatic rings. The zero-order chi connectivity index (χ0) is 21.0. The number of rotatable bonds is 10. The molecular weight excluding hydrogens is 373 g/mol. The van der Waals surface area contributed by atoms with Crippen molar-refractivity contribution in [2.45, 2.75) is 51.7 Å². The number of hydrogen-bond acceptors (Lipinski definition) is 7. The van der Waals surface area contributed by atoms with Gasteiger partial charge in [-0.25, -0.2) is 14.4 Å². The summed E-state index contributed by atoms with van der Waals surface area (Å²) in [5, 5.41) is 11.8. The Hall–Kier alpha value is -2.74. The fraction of sp³-hybridized carbons (Fsp3) is 0.476. The van der Waals surface area contributed by atoms with E-state index in [4.69, 9.17) is 20.6 Å². The zero-order valence-electron chi connectivity index (χ0n) is 17.1. The van der Waals surface area contributed by atoms with Crippen molar-refractivity contribution in [3.8, 4) is 5.75 Å². The first-order chi connectivity index (χ1) is 13.8. The SMILES string of the molecule is CCCOCC(C)Nc1cc(C(=N)c2cc(OC3(C)CC3)c(F)cc2N)ncn1. The first-order valence-corrected chi connectivity index (χ1v) is 9.85. The monoisotopic (exact) mass is 401 g/mol. The van der Waals surface area contributed by atoms with Gasteiger partial charge in [-0.15, -0.1) is 0 Å². The number of benzene rings is 1. The van der Waals surface area contributed by atoms with Crippen molar-refractivity contribution in [3.05, 3.63) is 41.6 Å². The molecule has 0 radical (unpaired) electrons. The third-order valence-corrected chi connectivity index (χ3v) is 4.72. The maximum atomic E-state index is 14.3. The average molecular weight is 401 g/mol. The maximum absolute atomic E-state index is 14.3. The lowest BCUT2D eigenvalue weighted by Crippen LogP contribution is -2.23. The Morgan fingerprint density at radius 1 is 1.34 bits per heavy atom. The van der Waals surface area contributed by atoms with Crippen molar-refractivity contribution in [1.29, 1.82) is 5.41 Å². The van der Waals surface area contributed by atoms with Crippen LogP contribution in [0.5, 0.6) is 5.75 Å². The predicted molar refractivity (Wildman–Crippen MR) is 111 cm³/mol. The van der Waals surface area contributed by atoms with Gasteiger partial charge < -0.3 is 20.5 Å². The Bertz CT molecular complexity index is 885. The second kappa shape index (κ2) is 8.73. The molecule has 0 aliphatic heterocycles. The van der Waals surface area contributed by atoms with Gasteiger partial charge in [0, 0.05) is 36.0 Å². The van der Waals surface area contributed by atoms with Crippen LogP contribution in [0.3, 0.4) is 0 Å². The third kappa shape index (κ3) is 5.41. The van der Waals surface area contributed by atoms with Gasteiger partial charge in [-0.2, -0.15) is 0 Å². The summed E-state index contributed by atoms with van der Waals surface area (Å²) in [5.41, 5.74) is 6.64. The molecule has 1 aromatic heterocycles. The summed E-state index contributed by atoms with van der Waals surface area (Å²) >= 11 is 0. The molecule has 0 spiro atoms. The van der Waals surface area contributed by atoms with E-state index in [0.29, 0.717) is 30.3 Å². The van der Waals surface area contributed by atoms with E-state index in [1.165, 1.54) is 18.5 Å². The van der Waals surface area contributed by atoms with Crippen molar-refractivity contribution in [3.63, 3.8) is 0 Å². The lowest BCUT2D eigenvalue weighted by molar-refractivity contribution is 0.129. The van der Waals surface area contributed by atoms with Gasteiger partial charge in [0.2, 0.25) is 0 Å². The number of nitrogens with two attached hydrogens (primary N) is 1. The summed E-state index contributed by atoms with van der Waals surface area (Å²) in [6, 6.07) is 4.39. The van der Waals surface area contributed by atoms with Crippen molar-refractivity contribution in [2.75, 3.05) is 24.3 Å². The Balaban J connectivity index is 1.77. The first kappa shape index (κ1) is 21.0. The van der Waals surface area contributed by atoms with Crippen LogP contribution < -0.4 is 15.8 Å². The molecule has 1 heterocycles. The summed E-state index contributed by atoms with van der Waals surface area (Å²) in [6.07, 6.45) is 4.11. The normalized spacial score (nSPS) is 15.6. The van der Waals surface area contributed by atoms with Gasteiger partial charge in [0.1, 0.15) is 17.7 Å². The highest BCUT2D eigenvalue weighted by atomic mass is 19.1. The van der Waals surface area contributed by atoms with Crippen molar-refractivity contribution in [1.82, 2.24) is 9.97 Å². The number of halogens is 1. The van der Waals surface area contributed by atoms with Gasteiger partial charge in [-0.3, -0.25) is 5.41 Å². The fourth-order valence-electron chi connectivity index (χ4n) is 2.82. The molecule has 0 bridgehead atoms. The van der Waals surface area contributed by atoms with Crippen molar-refractivity contribution >= 4 is 17.2 Å². The van der Waals surface area contributed by atoms with E-state index in [0.717, 1.165) is 19.3 Å². The van der Waals surface area contributed by atoms with Crippen LogP contribution >= 0.6 is 0 Å². The minimum absolute atomic E-state index is 0.0497. The summed E-state index contributed by atoms with van der Waals surface area (Å²) in [5.74, 6) is 0.154. The Morgan fingerprint density at radius 3 is 2.79 bits per heavy atom. The quantitative estimate of drug-likeness (QED) is 0.318. The summed E-state index contributed by atoms with van der Waals surface area (Å²) < 4.78 is 25.6. The number of nitrogens with one attached hydrogen (secondary N) is 2. The number of nitrogen functional groups attached to an aromatic ring is 1. The topological polar surface area (TPSA) is 106 Å². The minimum Gasteiger partial charge on any atom is -0.484 e. The Kier molecular flexibility index (Phi) is 6.32. The number of aromatic nitrogens is 2. The van der Waals surface area contributed by atoms with E-state index < -0.39 is 5.82 Å². The molecule has 1 aromatic carbocycles. The standard InChI is InChI=1S/C21H28FN5O2/c1-4-7-28-11-13(2)27-19-10-17(25-12-26-19)20(24)14-8-18(15(22)9-16(14)23)29-21(3)5-6-21/h8-10,12-13,24H,4-7,11,23H2,1-3H3,(H,25,26,27). The molecule has 29 heavy (non-hydrogen) atoms. The highest BCUT2D eigenvalue weighted by Gasteiger charge is 2.40. The molecule has 156 valence electrons. The van der Waals surface area contributed by atoms with E-state index >= 15 is 0 Å². The minimum atomic E-state index is -0.530. The molecule has 3 rings (SSSR count). The Labute approximate surface area is 170 Å². The summed E-state index contributed by atoms with van der Waals surface area (Å²) in [6.45, 7) is 7.24. The zero-order valence-corrected chi connectivity index (χ0v) is 17.1. The second-order valence-electron chi connectivity index (χ2n) is 7.71. The van der Waals surface area contributed by atoms with Gasteiger partial charge in [-0.1, -0.05) is 6.92 Å². The van der Waals surface area contributed by atoms with E-state index in [-0.39, 0.29) is 28.8 Å². The van der Waals surface area contributed by atoms with Crippen molar-refractivity contribution in [2.24, 2.45) is 0 Å². The highest BCUT2D eigenvalue weighted by Crippen LogP contribution is 2.41. The first-order valence-electron chi connectivity index (χ1n) is 9.85. The largest absolute Gasteiger partial charge is 0.484 e. The van der Waals surface area contributed by atoms with Crippen LogP contribution in [0, 0.1) is 11.2 Å². The number of anilines is 2. The second-order valence-corrected chi connectivity index (χ2v) is 7.71. The lowest BCUT2D eigenvalue weighted by atomic mass is 10.0. The lowest BCUT2D eigenvalue weighted by Gasteiger charge is -2.17. The smallest absolute Gasteiger partial charge is 0.167 e. The molecule has 0 amide bonds. The molecule has 1 aliphatic carbocycles. The maximum Gasteiger partial charge on any atom is 0.167 e. The van der Waals surface area contributed by atoms with Gasteiger partial charge >= 0.3 is 0 Å². The van der Waals surface area contributed by atoms with Gasteiger partial charge in [0.15, 0.2) is 11.6 Å². The molecule has 0 saturated heterocycles. The predicted octanol–water partition coefficient (Wildman–Crippen LogP) is 3.77. The molecular formula is C21H28FN5O2. The number of nitrogens with zero attached hydrogens (tertiary/aromatic N) is 2. The Morgan fingerprint density at radius 2 is 2.10 bits per heavy atom. The highest BCUT2D eigenvalue weighted by molar-refractivity contribution is 6.13. The van der Waals surface area contributed by atoms with Crippen LogP contribution in [0.2, 0.25) is 0 Å². The van der Waals surface area contributed by atoms with Crippen LogP contribution in [0.15, 0.2) is 24.5 Å².